The number of hydrogen-bond acceptors (Lipinski definition) is 6. The lowest BCUT2D eigenvalue weighted by Gasteiger charge is -2.27. The highest BCUT2D eigenvalue weighted by Gasteiger charge is 2.42. The van der Waals surface area contributed by atoms with E-state index >= 15 is 0 Å². The second kappa shape index (κ2) is 8.43. The summed E-state index contributed by atoms with van der Waals surface area (Å²) in [7, 11) is 0. The molecule has 0 N–H and O–H groups in total. The predicted molar refractivity (Wildman–Crippen MR) is 124 cm³/mol. The van der Waals surface area contributed by atoms with Crippen molar-refractivity contribution in [2.24, 2.45) is 0 Å². The Morgan fingerprint density at radius 1 is 1.12 bits per heavy atom. The van der Waals surface area contributed by atoms with Gasteiger partial charge in [-0.25, -0.2) is 4.79 Å². The van der Waals surface area contributed by atoms with Gasteiger partial charge in [0, 0.05) is 47.8 Å². The van der Waals surface area contributed by atoms with Crippen LogP contribution in [0.1, 0.15) is 49.0 Å². The number of para-hydroxylation sites is 1. The number of carbonyl (C=O) groups excluding carboxylic acids is 3. The largest absolute Gasteiger partial charge is 0.443 e. The van der Waals surface area contributed by atoms with E-state index in [0.717, 1.165) is 5.56 Å². The number of Topliss-reactive ketones (excluding diaryl/α,β-unsaturated/α-hetero) is 1. The van der Waals surface area contributed by atoms with E-state index < -0.39 is 17.7 Å². The summed E-state index contributed by atoms with van der Waals surface area (Å²) in [6, 6.07) is 10.3. The maximum atomic E-state index is 13.7. The summed E-state index contributed by atoms with van der Waals surface area (Å²) in [4.78, 5) is 44.8. The number of ether oxygens (including phenoxy) is 1. The topological polar surface area (TPSA) is 81.5 Å². The third-order valence-electron chi connectivity index (χ3n) is 5.20. The zero-order chi connectivity index (χ0) is 23.0. The van der Waals surface area contributed by atoms with Crippen molar-refractivity contribution < 1.29 is 19.1 Å². The van der Waals surface area contributed by atoms with Crippen molar-refractivity contribution in [1.82, 2.24) is 14.5 Å². The van der Waals surface area contributed by atoms with Gasteiger partial charge >= 0.3 is 6.09 Å². The number of nitrogens with zero attached hydrogens (tertiary/aromatic N) is 3. The molecule has 7 nitrogen and oxygen atoms in total. The number of hydrogen-bond donors (Lipinski definition) is 0. The molecule has 2 atom stereocenters. The Bertz CT molecular complexity index is 1180. The van der Waals surface area contributed by atoms with Crippen molar-refractivity contribution in [3.63, 3.8) is 0 Å². The first-order valence-corrected chi connectivity index (χ1v) is 11.4. The molecule has 0 aliphatic carbocycles. The van der Waals surface area contributed by atoms with E-state index in [9.17, 15) is 14.4 Å². The third kappa shape index (κ3) is 4.14. The average Bonchev–Trinajstić information content (AvgIpc) is 3.35. The van der Waals surface area contributed by atoms with Gasteiger partial charge in [-0.15, -0.1) is 11.8 Å². The molecule has 166 valence electrons. The number of rotatable bonds is 3. The normalized spacial score (nSPS) is 18.7. The lowest BCUT2D eigenvalue weighted by atomic mass is 10.0. The zero-order valence-electron chi connectivity index (χ0n) is 18.4. The van der Waals surface area contributed by atoms with Gasteiger partial charge in [-0.3, -0.25) is 19.1 Å². The van der Waals surface area contributed by atoms with Crippen LogP contribution in [0.2, 0.25) is 0 Å². The molecule has 4 rings (SSSR count). The number of carbonyl (C=O) groups is 3. The highest BCUT2D eigenvalue weighted by Crippen LogP contribution is 2.42. The minimum Gasteiger partial charge on any atom is -0.443 e. The molecule has 1 fully saturated rings. The zero-order valence-corrected chi connectivity index (χ0v) is 19.3. The van der Waals surface area contributed by atoms with Crippen LogP contribution < -0.4 is 0 Å². The number of amides is 1. The summed E-state index contributed by atoms with van der Waals surface area (Å²) >= 11 is 1.54. The smallest absolute Gasteiger partial charge is 0.419 e. The summed E-state index contributed by atoms with van der Waals surface area (Å²) in [6.45, 7) is 6.85. The number of aromatic nitrogens is 2. The summed E-state index contributed by atoms with van der Waals surface area (Å²) in [5.74, 6) is 0.0832. The molecule has 8 heteroatoms. The van der Waals surface area contributed by atoms with Crippen LogP contribution in [0.4, 0.5) is 4.79 Å². The fourth-order valence-electron chi connectivity index (χ4n) is 3.89. The molecule has 3 heterocycles. The second-order valence-electron chi connectivity index (χ2n) is 8.69. The van der Waals surface area contributed by atoms with Crippen LogP contribution in [0.3, 0.4) is 0 Å². The average molecular weight is 452 g/mol. The van der Waals surface area contributed by atoms with Gasteiger partial charge in [0.2, 0.25) is 5.91 Å². The Morgan fingerprint density at radius 2 is 1.88 bits per heavy atom. The maximum Gasteiger partial charge on any atom is 0.419 e. The van der Waals surface area contributed by atoms with Gasteiger partial charge in [-0.1, -0.05) is 24.3 Å². The molecule has 0 spiro atoms. The molecule has 1 unspecified atom stereocenters. The summed E-state index contributed by atoms with van der Waals surface area (Å²) < 4.78 is 6.89. The molecule has 32 heavy (non-hydrogen) atoms. The van der Waals surface area contributed by atoms with Crippen molar-refractivity contribution in [2.75, 3.05) is 5.75 Å². The Balaban J connectivity index is 1.72. The summed E-state index contributed by atoms with van der Waals surface area (Å²) in [5.41, 5.74) is 1.19. The molecule has 3 aromatic rings. The van der Waals surface area contributed by atoms with Crippen LogP contribution in [0, 0.1) is 0 Å². The molecule has 1 aliphatic heterocycles. The van der Waals surface area contributed by atoms with Gasteiger partial charge in [-0.05, 0) is 32.9 Å². The Morgan fingerprint density at radius 3 is 2.53 bits per heavy atom. The van der Waals surface area contributed by atoms with E-state index in [0.29, 0.717) is 22.2 Å². The van der Waals surface area contributed by atoms with Crippen LogP contribution >= 0.6 is 11.8 Å². The molecule has 1 saturated heterocycles. The Labute approximate surface area is 190 Å². The quantitative estimate of drug-likeness (QED) is 0.539. The Hall–Kier alpha value is -3.13. The van der Waals surface area contributed by atoms with Crippen molar-refractivity contribution in [3.05, 3.63) is 66.1 Å². The van der Waals surface area contributed by atoms with E-state index in [1.165, 1.54) is 29.4 Å². The second-order valence-corrected chi connectivity index (χ2v) is 9.80. The van der Waals surface area contributed by atoms with E-state index in [4.69, 9.17) is 4.74 Å². The lowest BCUT2D eigenvalue weighted by Crippen LogP contribution is -2.41. The van der Waals surface area contributed by atoms with E-state index in [2.05, 4.69) is 4.98 Å². The van der Waals surface area contributed by atoms with Gasteiger partial charge in [-0.2, -0.15) is 0 Å². The first-order valence-electron chi connectivity index (χ1n) is 10.4. The molecule has 2 aromatic heterocycles. The first-order chi connectivity index (χ1) is 15.2. The third-order valence-corrected chi connectivity index (χ3v) is 6.53. The molecule has 1 amide bonds. The number of ketones is 1. The SMILES string of the molecule is CC(=O)N1C(c2cccnc2)SC[C@H]1C(=O)c1cn(C(=O)OC(C)(C)C)c2ccccc12. The first kappa shape index (κ1) is 22.1. The highest BCUT2D eigenvalue weighted by atomic mass is 32.2. The molecule has 0 saturated carbocycles. The fraction of sp³-hybridized carbons (Fsp3) is 0.333. The van der Waals surface area contributed by atoms with Crippen molar-refractivity contribution in [3.8, 4) is 0 Å². The van der Waals surface area contributed by atoms with Crippen molar-refractivity contribution >= 4 is 40.4 Å². The Kier molecular flexibility index (Phi) is 5.81. The van der Waals surface area contributed by atoms with E-state index in [1.54, 1.807) is 44.1 Å². The van der Waals surface area contributed by atoms with Crippen LogP contribution in [0.5, 0.6) is 0 Å². The van der Waals surface area contributed by atoms with Gasteiger partial charge in [0.05, 0.1) is 5.52 Å². The number of pyridine rings is 1. The lowest BCUT2D eigenvalue weighted by molar-refractivity contribution is -0.130. The van der Waals surface area contributed by atoms with Gasteiger partial charge in [0.1, 0.15) is 17.0 Å². The van der Waals surface area contributed by atoms with Crippen LogP contribution in [-0.2, 0) is 9.53 Å². The number of thioether (sulfide) groups is 1. The molecule has 0 radical (unpaired) electrons. The molecule has 1 aromatic carbocycles. The van der Waals surface area contributed by atoms with Gasteiger partial charge in [0.15, 0.2) is 5.78 Å². The van der Waals surface area contributed by atoms with Crippen molar-refractivity contribution in [1.29, 1.82) is 0 Å². The van der Waals surface area contributed by atoms with E-state index in [1.807, 2.05) is 30.3 Å². The highest BCUT2D eigenvalue weighted by molar-refractivity contribution is 7.99. The van der Waals surface area contributed by atoms with Gasteiger partial charge < -0.3 is 9.64 Å². The van der Waals surface area contributed by atoms with Gasteiger partial charge in [0.25, 0.3) is 0 Å². The molecular weight excluding hydrogens is 426 g/mol. The van der Waals surface area contributed by atoms with Crippen LogP contribution in [0.15, 0.2) is 55.0 Å². The maximum absolute atomic E-state index is 13.7. The minimum atomic E-state index is -0.670. The molecule has 0 bridgehead atoms. The number of fused-ring (bicyclic) bond motifs is 1. The van der Waals surface area contributed by atoms with E-state index in [-0.39, 0.29) is 17.1 Å². The standard InChI is InChI=1S/C24H25N3O4S/c1-15(28)27-20(14-32-22(27)16-8-7-11-25-12-16)21(29)18-13-26(23(30)31-24(2,3)4)19-10-6-5-9-17(18)19/h5-13,20,22H,14H2,1-4H3/t20-,22?/m0/s1. The van der Waals surface area contributed by atoms with Crippen LogP contribution in [-0.4, -0.2) is 49.6 Å². The fourth-order valence-corrected chi connectivity index (χ4v) is 5.35. The minimum absolute atomic E-state index is 0.182. The summed E-state index contributed by atoms with van der Waals surface area (Å²) in [6.07, 6.45) is 4.37. The molecule has 1 aliphatic rings. The van der Waals surface area contributed by atoms with Crippen LogP contribution in [0.25, 0.3) is 10.9 Å². The predicted octanol–water partition coefficient (Wildman–Crippen LogP) is 4.66. The van der Waals surface area contributed by atoms with Crippen molar-refractivity contribution in [2.45, 2.75) is 44.7 Å². The monoisotopic (exact) mass is 451 g/mol. The molecular formula is C24H25N3O4S. The summed E-state index contributed by atoms with van der Waals surface area (Å²) in [5, 5.41) is 0.371. The number of benzene rings is 1.